The van der Waals surface area contributed by atoms with Crippen molar-refractivity contribution in [2.75, 3.05) is 33.7 Å². The van der Waals surface area contributed by atoms with Gasteiger partial charge in [-0.3, -0.25) is 4.90 Å². The first-order valence-electron chi connectivity index (χ1n) is 7.60. The first-order chi connectivity index (χ1) is 8.48. The summed E-state index contributed by atoms with van der Waals surface area (Å²) in [7, 11) is 4.42. The van der Waals surface area contributed by atoms with E-state index in [2.05, 4.69) is 37.7 Å². The zero-order chi connectivity index (χ0) is 13.3. The van der Waals surface area contributed by atoms with E-state index in [9.17, 15) is 0 Å². The lowest BCUT2D eigenvalue weighted by Gasteiger charge is -2.46. The van der Waals surface area contributed by atoms with Gasteiger partial charge in [0, 0.05) is 31.2 Å². The highest BCUT2D eigenvalue weighted by atomic mass is 15.3. The minimum absolute atomic E-state index is 0.311. The minimum atomic E-state index is 0.311. The van der Waals surface area contributed by atoms with E-state index in [0.29, 0.717) is 11.6 Å². The number of likely N-dealkylation sites (tertiary alicyclic amines) is 1. The Labute approximate surface area is 113 Å². The van der Waals surface area contributed by atoms with Crippen LogP contribution < -0.4 is 5.73 Å². The van der Waals surface area contributed by atoms with Crippen molar-refractivity contribution in [2.45, 2.75) is 51.1 Å². The monoisotopic (exact) mass is 253 g/mol. The molecule has 2 aliphatic rings. The van der Waals surface area contributed by atoms with Crippen molar-refractivity contribution in [3.63, 3.8) is 0 Å². The number of hydrogen-bond acceptors (Lipinski definition) is 3. The summed E-state index contributed by atoms with van der Waals surface area (Å²) in [6, 6.07) is 0.702. The van der Waals surface area contributed by atoms with E-state index in [0.717, 1.165) is 18.4 Å². The quantitative estimate of drug-likeness (QED) is 0.832. The Morgan fingerprint density at radius 3 is 2.22 bits per heavy atom. The third-order valence-electron chi connectivity index (χ3n) is 5.49. The second kappa shape index (κ2) is 5.48. The standard InChI is InChI=1S/C15H31N3/c1-12-5-7-15(11-16,8-6-12)18-9-13(2)14(10-18)17(3)4/h12-14H,5-11,16H2,1-4H3. The van der Waals surface area contributed by atoms with Gasteiger partial charge in [-0.15, -0.1) is 0 Å². The number of nitrogens with zero attached hydrogens (tertiary/aromatic N) is 2. The molecule has 1 saturated heterocycles. The van der Waals surface area contributed by atoms with Crippen LogP contribution in [0.4, 0.5) is 0 Å². The third kappa shape index (κ3) is 2.59. The highest BCUT2D eigenvalue weighted by Gasteiger charge is 2.44. The molecule has 0 aromatic heterocycles. The van der Waals surface area contributed by atoms with E-state index in [1.54, 1.807) is 0 Å². The second-order valence-corrected chi connectivity index (χ2v) is 7.02. The van der Waals surface area contributed by atoms with Crippen LogP contribution in [0, 0.1) is 11.8 Å². The SMILES string of the molecule is CC1CCC(CN)(N2CC(C)C(N(C)C)C2)CC1. The van der Waals surface area contributed by atoms with Crippen LogP contribution in [0.1, 0.15) is 39.5 Å². The molecule has 2 fully saturated rings. The van der Waals surface area contributed by atoms with E-state index in [4.69, 9.17) is 5.73 Å². The normalized spacial score (nSPS) is 42.7. The molecule has 2 unspecified atom stereocenters. The summed E-state index contributed by atoms with van der Waals surface area (Å²) in [5.74, 6) is 1.66. The molecular formula is C15H31N3. The average molecular weight is 253 g/mol. The lowest BCUT2D eigenvalue weighted by Crippen LogP contribution is -2.55. The maximum absolute atomic E-state index is 6.18. The van der Waals surface area contributed by atoms with Crippen molar-refractivity contribution < 1.29 is 0 Å². The van der Waals surface area contributed by atoms with Crippen molar-refractivity contribution in [2.24, 2.45) is 17.6 Å². The van der Waals surface area contributed by atoms with Gasteiger partial charge in [0.05, 0.1) is 0 Å². The highest BCUT2D eigenvalue weighted by Crippen LogP contribution is 2.39. The summed E-state index contributed by atoms with van der Waals surface area (Å²) in [5.41, 5.74) is 6.49. The molecule has 1 aliphatic carbocycles. The fraction of sp³-hybridized carbons (Fsp3) is 1.00. The van der Waals surface area contributed by atoms with E-state index in [1.165, 1.54) is 38.8 Å². The van der Waals surface area contributed by atoms with Gasteiger partial charge in [-0.05, 0) is 51.6 Å². The van der Waals surface area contributed by atoms with Crippen molar-refractivity contribution >= 4 is 0 Å². The minimum Gasteiger partial charge on any atom is -0.329 e. The van der Waals surface area contributed by atoms with Gasteiger partial charge in [0.2, 0.25) is 0 Å². The average Bonchev–Trinajstić information content (AvgIpc) is 2.73. The van der Waals surface area contributed by atoms with Crippen LogP contribution in [0.2, 0.25) is 0 Å². The summed E-state index contributed by atoms with van der Waals surface area (Å²) >= 11 is 0. The summed E-state index contributed by atoms with van der Waals surface area (Å²) < 4.78 is 0. The molecule has 2 atom stereocenters. The van der Waals surface area contributed by atoms with Gasteiger partial charge in [-0.25, -0.2) is 0 Å². The van der Waals surface area contributed by atoms with Crippen LogP contribution in [0.15, 0.2) is 0 Å². The van der Waals surface area contributed by atoms with Crippen LogP contribution in [-0.4, -0.2) is 55.1 Å². The van der Waals surface area contributed by atoms with Crippen molar-refractivity contribution in [3.8, 4) is 0 Å². The Hall–Kier alpha value is -0.120. The molecule has 1 saturated carbocycles. The first kappa shape index (κ1) is 14.3. The van der Waals surface area contributed by atoms with E-state index in [1.807, 2.05) is 0 Å². The summed E-state index contributed by atoms with van der Waals surface area (Å²) in [6.45, 7) is 8.05. The van der Waals surface area contributed by atoms with Gasteiger partial charge in [0.25, 0.3) is 0 Å². The summed E-state index contributed by atoms with van der Waals surface area (Å²) in [6.07, 6.45) is 5.32. The molecular weight excluding hydrogens is 222 g/mol. The molecule has 3 nitrogen and oxygen atoms in total. The van der Waals surface area contributed by atoms with Crippen LogP contribution in [-0.2, 0) is 0 Å². The molecule has 0 aromatic rings. The van der Waals surface area contributed by atoms with Gasteiger partial charge in [-0.1, -0.05) is 13.8 Å². The summed E-state index contributed by atoms with van der Waals surface area (Å²) in [5, 5.41) is 0. The Balaban J connectivity index is 2.06. The van der Waals surface area contributed by atoms with Crippen LogP contribution in [0.25, 0.3) is 0 Å². The fourth-order valence-electron chi connectivity index (χ4n) is 3.96. The number of nitrogens with two attached hydrogens (primary N) is 1. The maximum atomic E-state index is 6.18. The van der Waals surface area contributed by atoms with Crippen molar-refractivity contribution in [1.29, 1.82) is 0 Å². The molecule has 2 N–H and O–H groups in total. The van der Waals surface area contributed by atoms with Gasteiger partial charge < -0.3 is 10.6 Å². The Bertz CT molecular complexity index is 269. The molecule has 18 heavy (non-hydrogen) atoms. The molecule has 3 heteroatoms. The Morgan fingerprint density at radius 2 is 1.78 bits per heavy atom. The Morgan fingerprint density at radius 1 is 1.17 bits per heavy atom. The van der Waals surface area contributed by atoms with Gasteiger partial charge in [-0.2, -0.15) is 0 Å². The van der Waals surface area contributed by atoms with Crippen LogP contribution >= 0.6 is 0 Å². The molecule has 106 valence electrons. The largest absolute Gasteiger partial charge is 0.329 e. The number of hydrogen-bond donors (Lipinski definition) is 1. The summed E-state index contributed by atoms with van der Waals surface area (Å²) in [4.78, 5) is 5.11. The molecule has 0 bridgehead atoms. The second-order valence-electron chi connectivity index (χ2n) is 7.02. The zero-order valence-electron chi connectivity index (χ0n) is 12.7. The lowest BCUT2D eigenvalue weighted by atomic mass is 9.76. The van der Waals surface area contributed by atoms with Crippen LogP contribution in [0.5, 0.6) is 0 Å². The van der Waals surface area contributed by atoms with E-state index >= 15 is 0 Å². The number of rotatable bonds is 3. The van der Waals surface area contributed by atoms with Gasteiger partial charge in [0.1, 0.15) is 0 Å². The van der Waals surface area contributed by atoms with Crippen molar-refractivity contribution in [3.05, 3.63) is 0 Å². The van der Waals surface area contributed by atoms with Crippen LogP contribution in [0.3, 0.4) is 0 Å². The van der Waals surface area contributed by atoms with Crippen molar-refractivity contribution in [1.82, 2.24) is 9.80 Å². The number of likely N-dealkylation sites (N-methyl/N-ethyl adjacent to an activating group) is 1. The van der Waals surface area contributed by atoms with E-state index < -0.39 is 0 Å². The predicted octanol–water partition coefficient (Wildman–Crippen LogP) is 1.78. The third-order valence-corrected chi connectivity index (χ3v) is 5.49. The molecule has 2 rings (SSSR count). The fourth-order valence-corrected chi connectivity index (χ4v) is 3.96. The van der Waals surface area contributed by atoms with Gasteiger partial charge in [0.15, 0.2) is 0 Å². The Kier molecular flexibility index (Phi) is 4.35. The maximum Gasteiger partial charge on any atom is 0.0332 e. The first-order valence-corrected chi connectivity index (χ1v) is 7.60. The van der Waals surface area contributed by atoms with E-state index in [-0.39, 0.29) is 0 Å². The zero-order valence-corrected chi connectivity index (χ0v) is 12.7. The molecule has 1 aliphatic heterocycles. The molecule has 0 aromatic carbocycles. The van der Waals surface area contributed by atoms with Gasteiger partial charge >= 0.3 is 0 Å². The molecule has 0 radical (unpaired) electrons. The lowest BCUT2D eigenvalue weighted by molar-refractivity contribution is 0.0594. The highest BCUT2D eigenvalue weighted by molar-refractivity contribution is 5.01. The topological polar surface area (TPSA) is 32.5 Å². The molecule has 0 amide bonds. The molecule has 0 spiro atoms. The molecule has 1 heterocycles. The predicted molar refractivity (Wildman–Crippen MR) is 77.6 cm³/mol. The smallest absolute Gasteiger partial charge is 0.0332 e.